The molecule has 0 aliphatic heterocycles. The molecule has 0 spiro atoms. The van der Waals surface area contributed by atoms with Crippen LogP contribution in [0.5, 0.6) is 0 Å². The zero-order valence-electron chi connectivity index (χ0n) is 8.71. The lowest BCUT2D eigenvalue weighted by Gasteiger charge is -2.23. The van der Waals surface area contributed by atoms with Crippen molar-refractivity contribution in [2.45, 2.75) is 31.8 Å². The van der Waals surface area contributed by atoms with E-state index in [4.69, 9.17) is 10.9 Å². The molecule has 1 saturated carbocycles. The maximum absolute atomic E-state index is 11.7. The Kier molecular flexibility index (Phi) is 3.53. The van der Waals surface area contributed by atoms with Crippen molar-refractivity contribution in [3.05, 3.63) is 0 Å². The SMILES string of the molecule is CC(C(N)=NO)N(C)S(=O)(=O)NC1CC1. The summed E-state index contributed by atoms with van der Waals surface area (Å²) in [5.41, 5.74) is 5.33. The van der Waals surface area contributed by atoms with Gasteiger partial charge in [-0.15, -0.1) is 0 Å². The molecule has 15 heavy (non-hydrogen) atoms. The molecule has 1 aliphatic rings. The fourth-order valence-corrected chi connectivity index (χ4v) is 2.32. The summed E-state index contributed by atoms with van der Waals surface area (Å²) in [5.74, 6) is -0.140. The number of amidine groups is 1. The second-order valence-electron chi connectivity index (χ2n) is 3.61. The van der Waals surface area contributed by atoms with E-state index in [-0.39, 0.29) is 11.9 Å². The Balaban J connectivity index is 2.68. The van der Waals surface area contributed by atoms with Crippen molar-refractivity contribution in [2.24, 2.45) is 10.9 Å². The van der Waals surface area contributed by atoms with Crippen LogP contribution in [0.4, 0.5) is 0 Å². The Hall–Kier alpha value is -0.860. The van der Waals surface area contributed by atoms with Gasteiger partial charge in [-0.1, -0.05) is 5.16 Å². The van der Waals surface area contributed by atoms with Gasteiger partial charge in [-0.25, -0.2) is 0 Å². The van der Waals surface area contributed by atoms with E-state index in [2.05, 4.69) is 9.88 Å². The molecular weight excluding hydrogens is 220 g/mol. The van der Waals surface area contributed by atoms with E-state index in [0.29, 0.717) is 0 Å². The van der Waals surface area contributed by atoms with Gasteiger partial charge in [0.15, 0.2) is 5.84 Å². The van der Waals surface area contributed by atoms with Crippen LogP contribution < -0.4 is 10.5 Å². The van der Waals surface area contributed by atoms with Crippen molar-refractivity contribution < 1.29 is 13.6 Å². The van der Waals surface area contributed by atoms with Crippen LogP contribution in [0.15, 0.2) is 5.16 Å². The molecule has 0 amide bonds. The van der Waals surface area contributed by atoms with E-state index in [1.54, 1.807) is 6.92 Å². The average Bonchev–Trinajstić information content (AvgIpc) is 2.97. The maximum atomic E-state index is 11.7. The first-order chi connectivity index (χ1) is 6.88. The van der Waals surface area contributed by atoms with E-state index < -0.39 is 16.3 Å². The molecule has 0 aromatic heterocycles. The summed E-state index contributed by atoms with van der Waals surface area (Å²) in [6, 6.07) is -0.636. The molecule has 1 fully saturated rings. The van der Waals surface area contributed by atoms with Gasteiger partial charge in [-0.3, -0.25) is 0 Å². The van der Waals surface area contributed by atoms with Crippen LogP contribution in [0.2, 0.25) is 0 Å². The molecule has 0 radical (unpaired) electrons. The normalized spacial score (nSPS) is 20.6. The van der Waals surface area contributed by atoms with Gasteiger partial charge in [0.05, 0.1) is 6.04 Å². The van der Waals surface area contributed by atoms with Crippen molar-refractivity contribution in [1.29, 1.82) is 0 Å². The fourth-order valence-electron chi connectivity index (χ4n) is 0.973. The predicted octanol–water partition coefficient (Wildman–Crippen LogP) is -0.950. The van der Waals surface area contributed by atoms with Crippen LogP contribution in [0.1, 0.15) is 19.8 Å². The zero-order chi connectivity index (χ0) is 11.6. The minimum absolute atomic E-state index is 0.0388. The molecule has 0 saturated heterocycles. The van der Waals surface area contributed by atoms with Crippen molar-refractivity contribution in [2.75, 3.05) is 7.05 Å². The van der Waals surface area contributed by atoms with Crippen LogP contribution in [0.3, 0.4) is 0 Å². The van der Waals surface area contributed by atoms with Gasteiger partial charge >= 0.3 is 0 Å². The van der Waals surface area contributed by atoms with Gasteiger partial charge in [0, 0.05) is 13.1 Å². The lowest BCUT2D eigenvalue weighted by Crippen LogP contribution is -2.48. The Morgan fingerprint density at radius 2 is 2.20 bits per heavy atom. The van der Waals surface area contributed by atoms with Crippen molar-refractivity contribution >= 4 is 16.0 Å². The van der Waals surface area contributed by atoms with Crippen LogP contribution in [-0.4, -0.2) is 42.9 Å². The highest BCUT2D eigenvalue weighted by molar-refractivity contribution is 7.87. The van der Waals surface area contributed by atoms with E-state index in [1.807, 2.05) is 0 Å². The van der Waals surface area contributed by atoms with Gasteiger partial charge in [0.25, 0.3) is 10.2 Å². The van der Waals surface area contributed by atoms with Gasteiger partial charge in [-0.05, 0) is 19.8 Å². The smallest absolute Gasteiger partial charge is 0.280 e. The number of rotatable bonds is 5. The topological polar surface area (TPSA) is 108 Å². The molecule has 1 unspecified atom stereocenters. The van der Waals surface area contributed by atoms with Crippen molar-refractivity contribution in [1.82, 2.24) is 9.03 Å². The fraction of sp³-hybridized carbons (Fsp3) is 0.857. The van der Waals surface area contributed by atoms with Crippen molar-refractivity contribution in [3.8, 4) is 0 Å². The number of oxime groups is 1. The second-order valence-corrected chi connectivity index (χ2v) is 5.38. The summed E-state index contributed by atoms with van der Waals surface area (Å²) >= 11 is 0. The number of likely N-dealkylation sites (N-methyl/N-ethyl adjacent to an activating group) is 1. The number of nitrogens with two attached hydrogens (primary N) is 1. The predicted molar refractivity (Wildman–Crippen MR) is 55.7 cm³/mol. The Morgan fingerprint density at radius 1 is 1.67 bits per heavy atom. The Morgan fingerprint density at radius 3 is 2.60 bits per heavy atom. The second kappa shape index (κ2) is 4.33. The monoisotopic (exact) mass is 236 g/mol. The highest BCUT2D eigenvalue weighted by Crippen LogP contribution is 2.20. The number of nitrogens with one attached hydrogen (secondary N) is 1. The van der Waals surface area contributed by atoms with Crippen molar-refractivity contribution in [3.63, 3.8) is 0 Å². The molecule has 8 heteroatoms. The molecule has 0 bridgehead atoms. The summed E-state index contributed by atoms with van der Waals surface area (Å²) in [6.07, 6.45) is 1.73. The molecule has 0 aromatic carbocycles. The first kappa shape index (κ1) is 12.2. The first-order valence-corrected chi connectivity index (χ1v) is 6.05. The summed E-state index contributed by atoms with van der Waals surface area (Å²) in [6.45, 7) is 1.54. The highest BCUT2D eigenvalue weighted by Gasteiger charge is 2.32. The molecular formula is C7H16N4O3S. The third kappa shape index (κ3) is 3.05. The van der Waals surface area contributed by atoms with Gasteiger partial charge in [0.2, 0.25) is 0 Å². The third-order valence-corrected chi connectivity index (χ3v) is 4.07. The van der Waals surface area contributed by atoms with Crippen LogP contribution in [-0.2, 0) is 10.2 Å². The number of hydrogen-bond donors (Lipinski definition) is 3. The summed E-state index contributed by atoms with van der Waals surface area (Å²) < 4.78 is 26.9. The van der Waals surface area contributed by atoms with Crippen LogP contribution in [0, 0.1) is 0 Å². The molecule has 0 aromatic rings. The highest BCUT2D eigenvalue weighted by atomic mass is 32.2. The van der Waals surface area contributed by atoms with E-state index in [9.17, 15) is 8.42 Å². The molecule has 7 nitrogen and oxygen atoms in total. The van der Waals surface area contributed by atoms with E-state index in [0.717, 1.165) is 17.1 Å². The molecule has 88 valence electrons. The lowest BCUT2D eigenvalue weighted by atomic mass is 10.3. The molecule has 1 aliphatic carbocycles. The first-order valence-electron chi connectivity index (χ1n) is 4.61. The van der Waals surface area contributed by atoms with Gasteiger partial charge < -0.3 is 10.9 Å². The number of nitrogens with zero attached hydrogens (tertiary/aromatic N) is 2. The standard InChI is InChI=1S/C7H16N4O3S/c1-5(7(8)9-12)11(2)15(13,14)10-6-3-4-6/h5-6,10,12H,3-4H2,1-2H3,(H2,8,9). The zero-order valence-corrected chi connectivity index (χ0v) is 9.53. The van der Waals surface area contributed by atoms with E-state index >= 15 is 0 Å². The largest absolute Gasteiger partial charge is 0.409 e. The third-order valence-electron chi connectivity index (χ3n) is 2.36. The molecule has 1 atom stereocenters. The Labute approximate surface area is 89.1 Å². The minimum atomic E-state index is -3.54. The molecule has 0 heterocycles. The summed E-state index contributed by atoms with van der Waals surface area (Å²) in [4.78, 5) is 0. The van der Waals surface area contributed by atoms with E-state index in [1.165, 1.54) is 7.05 Å². The lowest BCUT2D eigenvalue weighted by molar-refractivity contribution is 0.311. The Bertz CT molecular complexity index is 349. The van der Waals surface area contributed by atoms with Crippen LogP contribution in [0.25, 0.3) is 0 Å². The quantitative estimate of drug-likeness (QED) is 0.247. The maximum Gasteiger partial charge on any atom is 0.280 e. The van der Waals surface area contributed by atoms with Crippen LogP contribution >= 0.6 is 0 Å². The summed E-state index contributed by atoms with van der Waals surface area (Å²) in [7, 11) is -2.16. The summed E-state index contributed by atoms with van der Waals surface area (Å²) in [5, 5.41) is 11.2. The molecule has 4 N–H and O–H groups in total. The van der Waals surface area contributed by atoms with Gasteiger partial charge in [-0.2, -0.15) is 17.4 Å². The average molecular weight is 236 g/mol. The number of hydrogen-bond acceptors (Lipinski definition) is 4. The minimum Gasteiger partial charge on any atom is -0.409 e. The molecule has 1 rings (SSSR count). The van der Waals surface area contributed by atoms with Gasteiger partial charge in [0.1, 0.15) is 0 Å².